The van der Waals surface area contributed by atoms with Gasteiger partial charge < -0.3 is 0 Å². The molecule has 0 saturated heterocycles. The molecule has 0 atom stereocenters. The highest BCUT2D eigenvalue weighted by atomic mass is 32.1. The molecule has 3 aromatic rings. The standard InChI is InChI=1S/C16H12F3N3O2S/c1-3-4-11-10-7-9(5-6-12(10)25-20-11)22-14(23)8-13(16(17,18)19)21(2)15(22)24/h3-8H,1-2H3. The van der Waals surface area contributed by atoms with Gasteiger partial charge in [-0.1, -0.05) is 6.08 Å². The zero-order valence-electron chi connectivity index (χ0n) is 13.2. The largest absolute Gasteiger partial charge is 0.431 e. The second-order valence-corrected chi connectivity index (χ2v) is 6.10. The van der Waals surface area contributed by atoms with Gasteiger partial charge in [-0.3, -0.25) is 9.36 Å². The number of aromatic nitrogens is 3. The molecule has 1 aromatic carbocycles. The van der Waals surface area contributed by atoms with E-state index in [4.69, 9.17) is 0 Å². The molecule has 3 rings (SSSR count). The second-order valence-electron chi connectivity index (χ2n) is 5.29. The molecular weight excluding hydrogens is 355 g/mol. The molecular formula is C16H12F3N3O2S. The van der Waals surface area contributed by atoms with Gasteiger partial charge in [0.25, 0.3) is 5.56 Å². The van der Waals surface area contributed by atoms with Crippen molar-refractivity contribution in [2.24, 2.45) is 7.05 Å². The minimum Gasteiger partial charge on any atom is -0.292 e. The number of alkyl halides is 3. The predicted octanol–water partition coefficient (Wildman–Crippen LogP) is 3.20. The van der Waals surface area contributed by atoms with E-state index in [9.17, 15) is 22.8 Å². The second kappa shape index (κ2) is 5.99. The van der Waals surface area contributed by atoms with Crippen LogP contribution in [0.2, 0.25) is 0 Å². The highest BCUT2D eigenvalue weighted by molar-refractivity contribution is 7.13. The summed E-state index contributed by atoms with van der Waals surface area (Å²) >= 11 is 1.25. The van der Waals surface area contributed by atoms with E-state index in [-0.39, 0.29) is 5.69 Å². The normalized spacial score (nSPS) is 12.4. The lowest BCUT2D eigenvalue weighted by molar-refractivity contribution is -0.144. The highest BCUT2D eigenvalue weighted by Gasteiger charge is 2.35. The van der Waals surface area contributed by atoms with Crippen molar-refractivity contribution < 1.29 is 13.2 Å². The molecule has 0 radical (unpaired) electrons. The van der Waals surface area contributed by atoms with E-state index in [2.05, 4.69) is 4.37 Å². The fourth-order valence-electron chi connectivity index (χ4n) is 2.50. The number of hydrogen-bond acceptors (Lipinski definition) is 4. The van der Waals surface area contributed by atoms with E-state index < -0.39 is 23.1 Å². The molecule has 5 nitrogen and oxygen atoms in total. The Bertz CT molecular complexity index is 1110. The van der Waals surface area contributed by atoms with Crippen LogP contribution in [0.25, 0.3) is 21.8 Å². The van der Waals surface area contributed by atoms with E-state index in [0.29, 0.717) is 20.9 Å². The Labute approximate surface area is 143 Å². The van der Waals surface area contributed by atoms with Crippen molar-refractivity contribution >= 4 is 27.7 Å². The third-order valence-electron chi connectivity index (χ3n) is 3.67. The number of halogens is 3. The molecule has 0 aliphatic rings. The zero-order valence-corrected chi connectivity index (χ0v) is 14.0. The number of nitrogens with zero attached hydrogens (tertiary/aromatic N) is 3. The highest BCUT2D eigenvalue weighted by Crippen LogP contribution is 2.28. The molecule has 25 heavy (non-hydrogen) atoms. The summed E-state index contributed by atoms with van der Waals surface area (Å²) in [6.07, 6.45) is -1.22. The van der Waals surface area contributed by atoms with Crippen LogP contribution in [0.1, 0.15) is 18.3 Å². The van der Waals surface area contributed by atoms with E-state index in [0.717, 1.165) is 17.1 Å². The minimum atomic E-state index is -4.79. The number of allylic oxidation sites excluding steroid dienone is 1. The number of fused-ring (bicyclic) bond motifs is 1. The van der Waals surface area contributed by atoms with E-state index >= 15 is 0 Å². The van der Waals surface area contributed by atoms with Gasteiger partial charge in [0, 0.05) is 18.5 Å². The Morgan fingerprint density at radius 1 is 1.20 bits per heavy atom. The van der Waals surface area contributed by atoms with Crippen molar-refractivity contribution in [1.29, 1.82) is 0 Å². The van der Waals surface area contributed by atoms with Crippen LogP contribution in [0.5, 0.6) is 0 Å². The molecule has 0 bridgehead atoms. The quantitative estimate of drug-likeness (QED) is 0.699. The van der Waals surface area contributed by atoms with Gasteiger partial charge in [0.15, 0.2) is 0 Å². The van der Waals surface area contributed by atoms with Gasteiger partial charge in [0.2, 0.25) is 0 Å². The van der Waals surface area contributed by atoms with E-state index in [1.807, 2.05) is 6.92 Å². The monoisotopic (exact) mass is 367 g/mol. The molecule has 0 aliphatic heterocycles. The van der Waals surface area contributed by atoms with Crippen molar-refractivity contribution in [2.75, 3.05) is 0 Å². The minimum absolute atomic E-state index is 0.192. The summed E-state index contributed by atoms with van der Waals surface area (Å²) < 4.78 is 45.0. The summed E-state index contributed by atoms with van der Waals surface area (Å²) in [5.74, 6) is 0. The molecule has 2 heterocycles. The summed E-state index contributed by atoms with van der Waals surface area (Å²) in [5, 5.41) is 0.717. The number of benzene rings is 1. The molecule has 130 valence electrons. The third-order valence-corrected chi connectivity index (χ3v) is 4.52. The molecule has 0 saturated carbocycles. The molecule has 0 fully saturated rings. The maximum atomic E-state index is 12.9. The summed E-state index contributed by atoms with van der Waals surface area (Å²) in [6, 6.07) is 5.18. The Morgan fingerprint density at radius 2 is 1.92 bits per heavy atom. The summed E-state index contributed by atoms with van der Waals surface area (Å²) in [6.45, 7) is 1.82. The van der Waals surface area contributed by atoms with Crippen LogP contribution in [-0.4, -0.2) is 13.5 Å². The zero-order chi connectivity index (χ0) is 18.4. The van der Waals surface area contributed by atoms with Gasteiger partial charge in [-0.15, -0.1) is 0 Å². The van der Waals surface area contributed by atoms with Gasteiger partial charge in [0.05, 0.1) is 16.1 Å². The van der Waals surface area contributed by atoms with Crippen molar-refractivity contribution in [3.63, 3.8) is 0 Å². The molecule has 2 aromatic heterocycles. The van der Waals surface area contributed by atoms with Gasteiger partial charge >= 0.3 is 11.9 Å². The van der Waals surface area contributed by atoms with Crippen molar-refractivity contribution in [3.05, 3.63) is 62.6 Å². The Balaban J connectivity index is 2.29. The number of hydrogen-bond donors (Lipinski definition) is 0. The van der Waals surface area contributed by atoms with E-state index in [1.54, 1.807) is 24.3 Å². The van der Waals surface area contributed by atoms with Gasteiger partial charge in [-0.2, -0.15) is 17.5 Å². The molecule has 0 N–H and O–H groups in total. The van der Waals surface area contributed by atoms with Crippen molar-refractivity contribution in [1.82, 2.24) is 13.5 Å². The molecule has 9 heteroatoms. The topological polar surface area (TPSA) is 56.9 Å². The summed E-state index contributed by atoms with van der Waals surface area (Å²) in [4.78, 5) is 24.5. The maximum absolute atomic E-state index is 12.9. The molecule has 0 spiro atoms. The molecule has 0 aliphatic carbocycles. The van der Waals surface area contributed by atoms with Crippen LogP contribution in [0.3, 0.4) is 0 Å². The van der Waals surface area contributed by atoms with Crippen LogP contribution in [0, 0.1) is 0 Å². The van der Waals surface area contributed by atoms with Crippen LogP contribution in [-0.2, 0) is 13.2 Å². The Morgan fingerprint density at radius 3 is 2.56 bits per heavy atom. The Hall–Kier alpha value is -2.68. The lowest BCUT2D eigenvalue weighted by atomic mass is 10.2. The van der Waals surface area contributed by atoms with Gasteiger partial charge in [-0.25, -0.2) is 9.36 Å². The lowest BCUT2D eigenvalue weighted by Crippen LogP contribution is -2.40. The smallest absolute Gasteiger partial charge is 0.292 e. The Kier molecular flexibility index (Phi) is 4.11. The lowest BCUT2D eigenvalue weighted by Gasteiger charge is -2.13. The first-order valence-corrected chi connectivity index (χ1v) is 7.94. The first kappa shape index (κ1) is 17.2. The van der Waals surface area contributed by atoms with E-state index in [1.165, 1.54) is 17.6 Å². The van der Waals surface area contributed by atoms with Crippen molar-refractivity contribution in [2.45, 2.75) is 13.1 Å². The first-order chi connectivity index (χ1) is 11.7. The molecule has 0 amide bonds. The fourth-order valence-corrected chi connectivity index (χ4v) is 3.24. The van der Waals surface area contributed by atoms with Crippen molar-refractivity contribution in [3.8, 4) is 5.69 Å². The average Bonchev–Trinajstić information content (AvgIpc) is 2.93. The van der Waals surface area contributed by atoms with Crippen LogP contribution in [0.4, 0.5) is 13.2 Å². The van der Waals surface area contributed by atoms with Crippen LogP contribution in [0.15, 0.2) is 39.9 Å². The van der Waals surface area contributed by atoms with Crippen LogP contribution >= 0.6 is 11.5 Å². The SMILES string of the molecule is CC=Cc1nsc2ccc(-n3c(=O)cc(C(F)(F)F)n(C)c3=O)cc12. The van der Waals surface area contributed by atoms with Crippen LogP contribution < -0.4 is 11.2 Å². The van der Waals surface area contributed by atoms with Gasteiger partial charge in [0.1, 0.15) is 5.69 Å². The fraction of sp³-hybridized carbons (Fsp3) is 0.188. The first-order valence-electron chi connectivity index (χ1n) is 7.17. The third kappa shape index (κ3) is 2.91. The number of rotatable bonds is 2. The summed E-state index contributed by atoms with van der Waals surface area (Å²) in [5.41, 5.74) is -2.52. The predicted molar refractivity (Wildman–Crippen MR) is 90.2 cm³/mol. The molecule has 0 unspecified atom stereocenters. The maximum Gasteiger partial charge on any atom is 0.431 e. The van der Waals surface area contributed by atoms with Gasteiger partial charge in [-0.05, 0) is 42.7 Å². The average molecular weight is 367 g/mol. The summed E-state index contributed by atoms with van der Waals surface area (Å²) in [7, 11) is 0.983.